The largest absolute Gasteiger partial charge is 0.346 e. The molecule has 0 unspecified atom stereocenters. The highest BCUT2D eigenvalue weighted by Crippen LogP contribution is 2.37. The molecule has 3 aromatic carbocycles. The maximum absolute atomic E-state index is 5.62. The van der Waals surface area contributed by atoms with E-state index >= 15 is 0 Å². The summed E-state index contributed by atoms with van der Waals surface area (Å²) >= 11 is 3.53. The van der Waals surface area contributed by atoms with Crippen LogP contribution >= 0.6 is 15.9 Å². The van der Waals surface area contributed by atoms with Gasteiger partial charge in [0, 0.05) is 32.7 Å². The predicted molar refractivity (Wildman–Crippen MR) is 118 cm³/mol. The maximum Gasteiger partial charge on any atom is 0.184 e. The van der Waals surface area contributed by atoms with Gasteiger partial charge in [-0.15, -0.1) is 0 Å². The zero-order valence-corrected chi connectivity index (χ0v) is 18.0. The van der Waals surface area contributed by atoms with Crippen LogP contribution in [0.2, 0.25) is 0 Å². The highest BCUT2D eigenvalue weighted by atomic mass is 79.9. The molecule has 0 aliphatic carbocycles. The topological polar surface area (TPSA) is 40.2 Å². The molecule has 0 N–H and O–H groups in total. The van der Waals surface area contributed by atoms with Gasteiger partial charge in [0.15, 0.2) is 12.6 Å². The molecular weight excluding hydrogens is 446 g/mol. The highest BCUT2D eigenvalue weighted by Gasteiger charge is 2.21. The molecule has 154 valence electrons. The number of anilines is 3. The maximum atomic E-state index is 5.62. The van der Waals surface area contributed by atoms with Crippen LogP contribution in [0.15, 0.2) is 77.3 Å². The number of ether oxygens (including phenoxy) is 4. The zero-order valence-electron chi connectivity index (χ0n) is 16.4. The summed E-state index contributed by atoms with van der Waals surface area (Å²) in [6, 6.07) is 24.9. The van der Waals surface area contributed by atoms with Crippen LogP contribution in [0.3, 0.4) is 0 Å². The van der Waals surface area contributed by atoms with E-state index in [-0.39, 0.29) is 12.6 Å². The average molecular weight is 468 g/mol. The number of rotatable bonds is 5. The minimum absolute atomic E-state index is 0.272. The van der Waals surface area contributed by atoms with E-state index in [1.54, 1.807) is 0 Å². The number of benzene rings is 3. The van der Waals surface area contributed by atoms with Gasteiger partial charge in [0.2, 0.25) is 0 Å². The van der Waals surface area contributed by atoms with E-state index in [4.69, 9.17) is 18.9 Å². The Morgan fingerprint density at radius 1 is 0.533 bits per heavy atom. The molecule has 0 atom stereocenters. The number of hydrogen-bond donors (Lipinski definition) is 0. The quantitative estimate of drug-likeness (QED) is 0.459. The normalized spacial score (nSPS) is 17.5. The van der Waals surface area contributed by atoms with Gasteiger partial charge < -0.3 is 23.8 Å². The summed E-state index contributed by atoms with van der Waals surface area (Å²) < 4.78 is 23.5. The van der Waals surface area contributed by atoms with E-state index in [0.29, 0.717) is 26.4 Å². The lowest BCUT2D eigenvalue weighted by Gasteiger charge is -2.26. The van der Waals surface area contributed by atoms with Gasteiger partial charge in [0.25, 0.3) is 0 Å². The van der Waals surface area contributed by atoms with Crippen molar-refractivity contribution in [2.75, 3.05) is 31.3 Å². The van der Waals surface area contributed by atoms with Gasteiger partial charge >= 0.3 is 0 Å². The van der Waals surface area contributed by atoms with Gasteiger partial charge in [-0.2, -0.15) is 0 Å². The predicted octanol–water partition coefficient (Wildman–Crippen LogP) is 6.01. The van der Waals surface area contributed by atoms with Crippen LogP contribution in [0.25, 0.3) is 0 Å². The third-order valence-electron chi connectivity index (χ3n) is 5.18. The molecular formula is C24H22BrNO4. The summed E-state index contributed by atoms with van der Waals surface area (Å²) in [4.78, 5) is 2.22. The summed E-state index contributed by atoms with van der Waals surface area (Å²) in [5.41, 5.74) is 5.23. The Labute approximate surface area is 184 Å². The molecule has 2 heterocycles. The zero-order chi connectivity index (χ0) is 20.3. The molecule has 2 fully saturated rings. The van der Waals surface area contributed by atoms with Crippen LogP contribution in [0, 0.1) is 0 Å². The molecule has 0 radical (unpaired) electrons. The van der Waals surface area contributed by atoms with Crippen LogP contribution in [0.5, 0.6) is 0 Å². The molecule has 30 heavy (non-hydrogen) atoms. The minimum Gasteiger partial charge on any atom is -0.346 e. The SMILES string of the molecule is Brc1ccc(N(c2ccc(C3OCCO3)cc2)c2ccc(C3OCCO3)cc2)cc1. The summed E-state index contributed by atoms with van der Waals surface area (Å²) in [5.74, 6) is 0. The molecule has 2 aliphatic rings. The lowest BCUT2D eigenvalue weighted by molar-refractivity contribution is -0.0442. The summed E-state index contributed by atoms with van der Waals surface area (Å²) in [7, 11) is 0. The summed E-state index contributed by atoms with van der Waals surface area (Å²) in [5, 5.41) is 0. The Morgan fingerprint density at radius 2 is 0.867 bits per heavy atom. The molecule has 0 aromatic heterocycles. The molecule has 5 rings (SSSR count). The van der Waals surface area contributed by atoms with Crippen molar-refractivity contribution in [3.05, 3.63) is 88.4 Å². The standard InChI is InChI=1S/C24H22BrNO4/c25-19-5-11-22(12-6-19)26(20-7-1-17(2-8-20)23-27-13-14-28-23)21-9-3-18(4-10-21)24-29-15-16-30-24/h1-12,23-24H,13-16H2. The fraction of sp³-hybridized carbons (Fsp3) is 0.250. The van der Waals surface area contributed by atoms with Gasteiger partial charge in [0.1, 0.15) is 0 Å². The smallest absolute Gasteiger partial charge is 0.184 e. The molecule has 0 saturated carbocycles. The molecule has 2 aliphatic heterocycles. The molecule has 6 heteroatoms. The van der Waals surface area contributed by atoms with Crippen LogP contribution in [0.1, 0.15) is 23.7 Å². The monoisotopic (exact) mass is 467 g/mol. The summed E-state index contributed by atoms with van der Waals surface area (Å²) in [6.07, 6.45) is -0.545. The van der Waals surface area contributed by atoms with Crippen molar-refractivity contribution >= 4 is 33.0 Å². The minimum atomic E-state index is -0.272. The van der Waals surface area contributed by atoms with Crippen molar-refractivity contribution in [2.45, 2.75) is 12.6 Å². The van der Waals surface area contributed by atoms with Crippen molar-refractivity contribution in [3.8, 4) is 0 Å². The summed E-state index contributed by atoms with van der Waals surface area (Å²) in [6.45, 7) is 2.55. The van der Waals surface area contributed by atoms with Crippen LogP contribution in [-0.2, 0) is 18.9 Å². The first-order chi connectivity index (χ1) is 14.8. The molecule has 3 aromatic rings. The number of nitrogens with zero attached hydrogens (tertiary/aromatic N) is 1. The second kappa shape index (κ2) is 8.88. The molecule has 2 saturated heterocycles. The first kappa shape index (κ1) is 19.7. The Morgan fingerprint density at radius 3 is 1.23 bits per heavy atom. The van der Waals surface area contributed by atoms with Crippen molar-refractivity contribution in [1.82, 2.24) is 0 Å². The lowest BCUT2D eigenvalue weighted by Crippen LogP contribution is -2.10. The van der Waals surface area contributed by atoms with Gasteiger partial charge in [-0.3, -0.25) is 0 Å². The fourth-order valence-corrected chi connectivity index (χ4v) is 3.96. The van der Waals surface area contributed by atoms with E-state index in [9.17, 15) is 0 Å². The van der Waals surface area contributed by atoms with Crippen molar-refractivity contribution < 1.29 is 18.9 Å². The van der Waals surface area contributed by atoms with Gasteiger partial charge in [-0.25, -0.2) is 0 Å². The number of hydrogen-bond acceptors (Lipinski definition) is 5. The Bertz CT molecular complexity index is 904. The van der Waals surface area contributed by atoms with Crippen molar-refractivity contribution in [1.29, 1.82) is 0 Å². The van der Waals surface area contributed by atoms with E-state index in [2.05, 4.69) is 81.5 Å². The van der Waals surface area contributed by atoms with Crippen molar-refractivity contribution in [2.24, 2.45) is 0 Å². The average Bonchev–Trinajstić information content (AvgIpc) is 3.51. The Balaban J connectivity index is 1.48. The van der Waals surface area contributed by atoms with E-state index in [1.165, 1.54) is 0 Å². The van der Waals surface area contributed by atoms with E-state index < -0.39 is 0 Å². The molecule has 5 nitrogen and oxygen atoms in total. The van der Waals surface area contributed by atoms with Gasteiger partial charge in [-0.05, 0) is 48.5 Å². The van der Waals surface area contributed by atoms with Gasteiger partial charge in [-0.1, -0.05) is 40.2 Å². The third-order valence-corrected chi connectivity index (χ3v) is 5.70. The Hall–Kier alpha value is -2.22. The Kier molecular flexibility index (Phi) is 5.84. The fourth-order valence-electron chi connectivity index (χ4n) is 3.70. The van der Waals surface area contributed by atoms with Crippen LogP contribution in [0.4, 0.5) is 17.1 Å². The van der Waals surface area contributed by atoms with Crippen molar-refractivity contribution in [3.63, 3.8) is 0 Å². The molecule has 0 amide bonds. The molecule has 0 bridgehead atoms. The first-order valence-corrected chi connectivity index (χ1v) is 10.8. The second-order valence-electron chi connectivity index (χ2n) is 7.14. The third kappa shape index (κ3) is 4.15. The van der Waals surface area contributed by atoms with Gasteiger partial charge in [0.05, 0.1) is 26.4 Å². The first-order valence-electron chi connectivity index (χ1n) is 10.00. The van der Waals surface area contributed by atoms with Crippen LogP contribution < -0.4 is 4.90 Å². The van der Waals surface area contributed by atoms with E-state index in [0.717, 1.165) is 32.7 Å². The van der Waals surface area contributed by atoms with Crippen LogP contribution in [-0.4, -0.2) is 26.4 Å². The second-order valence-corrected chi connectivity index (χ2v) is 8.06. The van der Waals surface area contributed by atoms with E-state index in [1.807, 2.05) is 12.1 Å². The highest BCUT2D eigenvalue weighted by molar-refractivity contribution is 9.10. The lowest BCUT2D eigenvalue weighted by atomic mass is 10.1. The number of halogens is 1. The molecule has 0 spiro atoms.